The minimum atomic E-state index is -4.41. The van der Waals surface area contributed by atoms with E-state index in [0.717, 1.165) is 11.8 Å². The summed E-state index contributed by atoms with van der Waals surface area (Å²) < 4.78 is 46.1. The molecular weight excluding hydrogens is 477 g/mol. The Labute approximate surface area is 205 Å². The zero-order chi connectivity index (χ0) is 24.4. The highest BCUT2D eigenvalue weighted by Crippen LogP contribution is 2.38. The van der Waals surface area contributed by atoms with E-state index in [0.29, 0.717) is 41.1 Å². The van der Waals surface area contributed by atoms with Gasteiger partial charge in [-0.05, 0) is 66.2 Å². The zero-order valence-electron chi connectivity index (χ0n) is 18.4. The van der Waals surface area contributed by atoms with E-state index in [1.807, 2.05) is 29.2 Å². The van der Waals surface area contributed by atoms with E-state index in [-0.39, 0.29) is 6.04 Å². The van der Waals surface area contributed by atoms with Crippen molar-refractivity contribution in [1.82, 2.24) is 9.97 Å². The number of aromatic nitrogens is 2. The van der Waals surface area contributed by atoms with Crippen molar-refractivity contribution < 1.29 is 17.9 Å². The van der Waals surface area contributed by atoms with Crippen molar-refractivity contribution in [3.05, 3.63) is 108 Å². The molecule has 3 aromatic carbocycles. The van der Waals surface area contributed by atoms with Gasteiger partial charge in [0.25, 0.3) is 0 Å². The highest BCUT2D eigenvalue weighted by atomic mass is 35.5. The van der Waals surface area contributed by atoms with Crippen LogP contribution in [0.25, 0.3) is 0 Å². The quantitative estimate of drug-likeness (QED) is 0.298. The Hall–Kier alpha value is -3.78. The predicted molar refractivity (Wildman–Crippen MR) is 129 cm³/mol. The van der Waals surface area contributed by atoms with Gasteiger partial charge in [0, 0.05) is 29.6 Å². The molecule has 2 heterocycles. The monoisotopic (exact) mass is 496 g/mol. The third-order valence-corrected chi connectivity index (χ3v) is 6.03. The SMILES string of the molecule is FC(F)(F)c1cccc([C@H]2CN(c3cnccn3)CN2c2ccc(Oc3ccc(Cl)cc3)cc2)c1. The number of hydrogen-bond acceptors (Lipinski definition) is 5. The van der Waals surface area contributed by atoms with Crippen molar-refractivity contribution in [3.63, 3.8) is 0 Å². The number of rotatable bonds is 5. The predicted octanol–water partition coefficient (Wildman–Crippen LogP) is 6.97. The van der Waals surface area contributed by atoms with Crippen LogP contribution >= 0.6 is 11.6 Å². The number of benzene rings is 3. The summed E-state index contributed by atoms with van der Waals surface area (Å²) in [6.45, 7) is 0.903. The molecule has 35 heavy (non-hydrogen) atoms. The van der Waals surface area contributed by atoms with Gasteiger partial charge in [-0.3, -0.25) is 4.98 Å². The molecule has 5 rings (SSSR count). The smallest absolute Gasteiger partial charge is 0.416 e. The Morgan fingerprint density at radius 1 is 0.914 bits per heavy atom. The first-order chi connectivity index (χ1) is 16.9. The number of halogens is 4. The Morgan fingerprint density at radius 2 is 1.63 bits per heavy atom. The van der Waals surface area contributed by atoms with Crippen LogP contribution < -0.4 is 14.5 Å². The fraction of sp³-hybridized carbons (Fsp3) is 0.154. The van der Waals surface area contributed by atoms with Gasteiger partial charge in [0.2, 0.25) is 0 Å². The van der Waals surface area contributed by atoms with E-state index >= 15 is 0 Å². The molecule has 1 aliphatic rings. The van der Waals surface area contributed by atoms with Crippen LogP contribution in [0.15, 0.2) is 91.4 Å². The van der Waals surface area contributed by atoms with Gasteiger partial charge in [0.15, 0.2) is 0 Å². The van der Waals surface area contributed by atoms with Crippen molar-refractivity contribution in [2.24, 2.45) is 0 Å². The summed E-state index contributed by atoms with van der Waals surface area (Å²) >= 11 is 5.93. The Morgan fingerprint density at radius 3 is 2.29 bits per heavy atom. The second-order valence-electron chi connectivity index (χ2n) is 8.09. The summed E-state index contributed by atoms with van der Waals surface area (Å²) in [7, 11) is 0. The lowest BCUT2D eigenvalue weighted by atomic mass is 10.0. The Bertz CT molecular complexity index is 1280. The van der Waals surface area contributed by atoms with Gasteiger partial charge in [-0.2, -0.15) is 13.2 Å². The molecular formula is C26H20ClF3N4O. The molecule has 1 aromatic heterocycles. The van der Waals surface area contributed by atoms with Crippen LogP contribution in [0.5, 0.6) is 11.5 Å². The second-order valence-corrected chi connectivity index (χ2v) is 8.52. The Kier molecular flexibility index (Phi) is 6.21. The van der Waals surface area contributed by atoms with Crippen molar-refractivity contribution in [3.8, 4) is 11.5 Å². The Balaban J connectivity index is 1.44. The lowest BCUT2D eigenvalue weighted by Gasteiger charge is -2.26. The molecule has 178 valence electrons. The number of nitrogens with zero attached hydrogens (tertiary/aromatic N) is 4. The van der Waals surface area contributed by atoms with Crippen LogP contribution in [0.1, 0.15) is 17.2 Å². The topological polar surface area (TPSA) is 41.5 Å². The first-order valence-electron chi connectivity index (χ1n) is 10.8. The molecule has 9 heteroatoms. The second kappa shape index (κ2) is 9.46. The first-order valence-corrected chi connectivity index (χ1v) is 11.2. The van der Waals surface area contributed by atoms with E-state index in [1.54, 1.807) is 48.9 Å². The van der Waals surface area contributed by atoms with Gasteiger partial charge >= 0.3 is 6.18 Å². The van der Waals surface area contributed by atoms with Crippen LogP contribution in [0.3, 0.4) is 0 Å². The van der Waals surface area contributed by atoms with Crippen LogP contribution in [0.4, 0.5) is 24.7 Å². The molecule has 1 fully saturated rings. The van der Waals surface area contributed by atoms with E-state index < -0.39 is 11.7 Å². The van der Waals surface area contributed by atoms with Crippen LogP contribution in [-0.4, -0.2) is 23.2 Å². The molecule has 0 bridgehead atoms. The average molecular weight is 497 g/mol. The molecule has 0 N–H and O–H groups in total. The van der Waals surface area contributed by atoms with Crippen molar-refractivity contribution in [2.45, 2.75) is 12.2 Å². The summed E-state index contributed by atoms with van der Waals surface area (Å²) in [6.07, 6.45) is 0.418. The summed E-state index contributed by atoms with van der Waals surface area (Å²) in [5.74, 6) is 1.95. The number of anilines is 2. The highest BCUT2D eigenvalue weighted by Gasteiger charge is 2.35. The van der Waals surface area contributed by atoms with E-state index in [9.17, 15) is 13.2 Å². The summed E-state index contributed by atoms with van der Waals surface area (Å²) in [6, 6.07) is 19.7. The maximum atomic E-state index is 13.4. The van der Waals surface area contributed by atoms with Gasteiger partial charge in [0.05, 0.1) is 24.5 Å². The summed E-state index contributed by atoms with van der Waals surface area (Å²) in [5, 5.41) is 0.620. The van der Waals surface area contributed by atoms with E-state index in [2.05, 4.69) is 14.9 Å². The lowest BCUT2D eigenvalue weighted by Crippen LogP contribution is -2.26. The summed E-state index contributed by atoms with van der Waals surface area (Å²) in [5.41, 5.74) is 0.759. The molecule has 1 aliphatic heterocycles. The van der Waals surface area contributed by atoms with Crippen molar-refractivity contribution in [1.29, 1.82) is 0 Å². The summed E-state index contributed by atoms with van der Waals surface area (Å²) in [4.78, 5) is 12.5. The fourth-order valence-electron chi connectivity index (χ4n) is 4.08. The minimum Gasteiger partial charge on any atom is -0.457 e. The maximum absolute atomic E-state index is 13.4. The molecule has 0 radical (unpaired) electrons. The number of ether oxygens (including phenoxy) is 1. The van der Waals surface area contributed by atoms with Gasteiger partial charge in [0.1, 0.15) is 17.3 Å². The van der Waals surface area contributed by atoms with Crippen LogP contribution in [-0.2, 0) is 6.18 Å². The average Bonchev–Trinajstić information content (AvgIpc) is 3.32. The van der Waals surface area contributed by atoms with Crippen molar-refractivity contribution >= 4 is 23.1 Å². The number of alkyl halides is 3. The molecule has 0 aliphatic carbocycles. The molecule has 1 atom stereocenters. The standard InChI is InChI=1S/C26H20ClF3N4O/c27-20-4-8-22(9-5-20)35-23-10-6-21(7-11-23)34-17-33(25-15-31-12-13-32-25)16-24(34)18-2-1-3-19(14-18)26(28,29)30/h1-15,24H,16-17H2/t24-/m1/s1. The van der Waals surface area contributed by atoms with Gasteiger partial charge in [-0.25, -0.2) is 4.98 Å². The molecule has 1 saturated heterocycles. The molecule has 5 nitrogen and oxygen atoms in total. The zero-order valence-corrected chi connectivity index (χ0v) is 19.1. The normalized spacial score (nSPS) is 15.9. The number of hydrogen-bond donors (Lipinski definition) is 0. The van der Waals surface area contributed by atoms with E-state index in [4.69, 9.17) is 16.3 Å². The largest absolute Gasteiger partial charge is 0.457 e. The molecule has 0 saturated carbocycles. The van der Waals surface area contributed by atoms with Gasteiger partial charge in [-0.15, -0.1) is 0 Å². The van der Waals surface area contributed by atoms with Gasteiger partial charge < -0.3 is 14.5 Å². The van der Waals surface area contributed by atoms with Crippen LogP contribution in [0.2, 0.25) is 5.02 Å². The third-order valence-electron chi connectivity index (χ3n) is 5.78. The molecule has 0 unspecified atom stereocenters. The van der Waals surface area contributed by atoms with E-state index in [1.165, 1.54) is 12.1 Å². The van der Waals surface area contributed by atoms with Crippen molar-refractivity contribution in [2.75, 3.05) is 23.0 Å². The fourth-order valence-corrected chi connectivity index (χ4v) is 4.21. The first kappa shape index (κ1) is 23.0. The third kappa shape index (κ3) is 5.17. The molecule has 4 aromatic rings. The lowest BCUT2D eigenvalue weighted by molar-refractivity contribution is -0.137. The molecule has 0 amide bonds. The maximum Gasteiger partial charge on any atom is 0.416 e. The van der Waals surface area contributed by atoms with Gasteiger partial charge in [-0.1, -0.05) is 23.7 Å². The van der Waals surface area contributed by atoms with Crippen LogP contribution in [0, 0.1) is 0 Å². The molecule has 0 spiro atoms. The minimum absolute atomic E-state index is 0.317. The highest BCUT2D eigenvalue weighted by molar-refractivity contribution is 6.30.